The molecule has 1 aromatic carbocycles. The number of carbonyl (C=O) groups excluding carboxylic acids is 1. The van der Waals surface area contributed by atoms with Crippen LogP contribution in [0.25, 0.3) is 0 Å². The molecular formula is C19H22ClN3O3. The van der Waals surface area contributed by atoms with Crippen molar-refractivity contribution in [1.29, 1.82) is 0 Å². The Balaban J connectivity index is 1.43. The molecule has 1 saturated heterocycles. The Morgan fingerprint density at radius 2 is 2.00 bits per heavy atom. The highest BCUT2D eigenvalue weighted by molar-refractivity contribution is 6.30. The first-order valence-electron chi connectivity index (χ1n) is 8.56. The van der Waals surface area contributed by atoms with E-state index in [2.05, 4.69) is 14.8 Å². The SMILES string of the molecule is COC(=O)c1cccc(OCCN2CCN(c3ccc(Cl)cn3)CC2)c1. The molecule has 7 heteroatoms. The molecule has 6 nitrogen and oxygen atoms in total. The first kappa shape index (κ1) is 18.5. The Labute approximate surface area is 158 Å². The van der Waals surface area contributed by atoms with Gasteiger partial charge in [-0.25, -0.2) is 9.78 Å². The van der Waals surface area contributed by atoms with Crippen molar-refractivity contribution in [3.05, 3.63) is 53.2 Å². The minimum absolute atomic E-state index is 0.359. The predicted molar refractivity (Wildman–Crippen MR) is 101 cm³/mol. The zero-order chi connectivity index (χ0) is 18.4. The summed E-state index contributed by atoms with van der Waals surface area (Å²) in [7, 11) is 1.37. The molecule has 1 aliphatic rings. The first-order chi connectivity index (χ1) is 12.7. The number of pyridine rings is 1. The maximum atomic E-state index is 11.6. The summed E-state index contributed by atoms with van der Waals surface area (Å²) in [5.74, 6) is 1.28. The van der Waals surface area contributed by atoms with Gasteiger partial charge in [-0.3, -0.25) is 4.90 Å². The molecule has 0 unspecified atom stereocenters. The summed E-state index contributed by atoms with van der Waals surface area (Å²) in [5.41, 5.74) is 0.495. The van der Waals surface area contributed by atoms with Gasteiger partial charge in [-0.2, -0.15) is 0 Å². The van der Waals surface area contributed by atoms with Crippen LogP contribution in [0.1, 0.15) is 10.4 Å². The molecule has 2 heterocycles. The van der Waals surface area contributed by atoms with Crippen molar-refractivity contribution in [2.24, 2.45) is 0 Å². The van der Waals surface area contributed by atoms with Gasteiger partial charge < -0.3 is 14.4 Å². The molecule has 138 valence electrons. The summed E-state index contributed by atoms with van der Waals surface area (Å²) in [5, 5.41) is 0.654. The van der Waals surface area contributed by atoms with Gasteiger partial charge in [-0.1, -0.05) is 17.7 Å². The fourth-order valence-corrected chi connectivity index (χ4v) is 2.99. The monoisotopic (exact) mass is 375 g/mol. The topological polar surface area (TPSA) is 54.9 Å². The van der Waals surface area contributed by atoms with Crippen LogP contribution in [0.4, 0.5) is 5.82 Å². The molecule has 3 rings (SSSR count). The highest BCUT2D eigenvalue weighted by Gasteiger charge is 2.17. The zero-order valence-corrected chi connectivity index (χ0v) is 15.5. The summed E-state index contributed by atoms with van der Waals surface area (Å²) in [4.78, 5) is 20.5. The second-order valence-electron chi connectivity index (χ2n) is 6.03. The molecule has 2 aromatic rings. The maximum absolute atomic E-state index is 11.6. The molecular weight excluding hydrogens is 354 g/mol. The molecule has 1 aliphatic heterocycles. The number of aromatic nitrogens is 1. The lowest BCUT2D eigenvalue weighted by Gasteiger charge is -2.35. The van der Waals surface area contributed by atoms with E-state index in [1.807, 2.05) is 18.2 Å². The molecule has 0 N–H and O–H groups in total. The lowest BCUT2D eigenvalue weighted by atomic mass is 10.2. The van der Waals surface area contributed by atoms with E-state index in [-0.39, 0.29) is 5.97 Å². The molecule has 0 radical (unpaired) electrons. The van der Waals surface area contributed by atoms with Crippen LogP contribution in [0, 0.1) is 0 Å². The van der Waals surface area contributed by atoms with E-state index in [9.17, 15) is 4.79 Å². The predicted octanol–water partition coefficient (Wildman–Crippen LogP) is 2.72. The number of methoxy groups -OCH3 is 1. The van der Waals surface area contributed by atoms with Gasteiger partial charge in [0.2, 0.25) is 0 Å². The van der Waals surface area contributed by atoms with Crippen molar-refractivity contribution in [1.82, 2.24) is 9.88 Å². The van der Waals surface area contributed by atoms with E-state index in [0.29, 0.717) is 22.9 Å². The van der Waals surface area contributed by atoms with Gasteiger partial charge in [-0.05, 0) is 30.3 Å². The smallest absolute Gasteiger partial charge is 0.337 e. The second kappa shape index (κ2) is 8.87. The number of ether oxygens (including phenoxy) is 2. The fraction of sp³-hybridized carbons (Fsp3) is 0.368. The summed E-state index contributed by atoms with van der Waals surface area (Å²) in [6, 6.07) is 10.9. The number of carbonyl (C=O) groups is 1. The Morgan fingerprint density at radius 3 is 2.69 bits per heavy atom. The van der Waals surface area contributed by atoms with Crippen molar-refractivity contribution in [2.45, 2.75) is 0 Å². The number of hydrogen-bond donors (Lipinski definition) is 0. The van der Waals surface area contributed by atoms with E-state index in [1.165, 1.54) is 7.11 Å². The van der Waals surface area contributed by atoms with Crippen LogP contribution < -0.4 is 9.64 Å². The van der Waals surface area contributed by atoms with Crippen molar-refractivity contribution < 1.29 is 14.3 Å². The Bertz CT molecular complexity index is 731. The normalized spacial score (nSPS) is 14.9. The van der Waals surface area contributed by atoms with Crippen LogP contribution in [0.2, 0.25) is 5.02 Å². The molecule has 0 saturated carbocycles. The number of piperazine rings is 1. The average Bonchev–Trinajstić information content (AvgIpc) is 2.69. The van der Waals surface area contributed by atoms with Gasteiger partial charge in [0.1, 0.15) is 18.2 Å². The third-order valence-electron chi connectivity index (χ3n) is 4.34. The fourth-order valence-electron chi connectivity index (χ4n) is 2.88. The minimum Gasteiger partial charge on any atom is -0.492 e. The summed E-state index contributed by atoms with van der Waals surface area (Å²) in [6.45, 7) is 5.17. The zero-order valence-electron chi connectivity index (χ0n) is 14.7. The standard InChI is InChI=1S/C19H22ClN3O3/c1-25-19(24)15-3-2-4-17(13-15)26-12-11-22-7-9-23(10-8-22)18-6-5-16(20)14-21-18/h2-6,13-14H,7-12H2,1H3. The first-order valence-corrected chi connectivity index (χ1v) is 8.93. The van der Waals surface area contributed by atoms with E-state index in [0.717, 1.165) is 38.5 Å². The van der Waals surface area contributed by atoms with E-state index >= 15 is 0 Å². The minimum atomic E-state index is -0.359. The van der Waals surface area contributed by atoms with E-state index < -0.39 is 0 Å². The van der Waals surface area contributed by atoms with Gasteiger partial charge in [0.25, 0.3) is 0 Å². The van der Waals surface area contributed by atoms with Gasteiger partial charge in [0, 0.05) is 38.9 Å². The van der Waals surface area contributed by atoms with Crippen molar-refractivity contribution in [2.75, 3.05) is 51.3 Å². The summed E-state index contributed by atoms with van der Waals surface area (Å²) < 4.78 is 10.5. The molecule has 0 amide bonds. The van der Waals surface area contributed by atoms with Crippen molar-refractivity contribution >= 4 is 23.4 Å². The molecule has 1 aromatic heterocycles. The third-order valence-corrected chi connectivity index (χ3v) is 4.56. The Kier molecular flexibility index (Phi) is 6.30. The molecule has 0 spiro atoms. The molecule has 1 fully saturated rings. The van der Waals surface area contributed by atoms with Crippen LogP contribution in [0.15, 0.2) is 42.6 Å². The van der Waals surface area contributed by atoms with Crippen LogP contribution in [-0.4, -0.2) is 62.3 Å². The van der Waals surface area contributed by atoms with Gasteiger partial charge in [0.05, 0.1) is 17.7 Å². The number of anilines is 1. The number of rotatable bonds is 6. The number of esters is 1. The van der Waals surface area contributed by atoms with Crippen molar-refractivity contribution in [3.8, 4) is 5.75 Å². The van der Waals surface area contributed by atoms with Crippen LogP contribution in [0.3, 0.4) is 0 Å². The van der Waals surface area contributed by atoms with Gasteiger partial charge >= 0.3 is 5.97 Å². The number of halogens is 1. The Hall–Kier alpha value is -2.31. The number of benzene rings is 1. The maximum Gasteiger partial charge on any atom is 0.337 e. The van der Waals surface area contributed by atoms with Gasteiger partial charge in [0.15, 0.2) is 0 Å². The molecule has 0 aliphatic carbocycles. The quantitative estimate of drug-likeness (QED) is 0.724. The number of nitrogens with zero attached hydrogens (tertiary/aromatic N) is 3. The van der Waals surface area contributed by atoms with Crippen molar-refractivity contribution in [3.63, 3.8) is 0 Å². The van der Waals surface area contributed by atoms with E-state index in [4.69, 9.17) is 21.1 Å². The molecule has 26 heavy (non-hydrogen) atoms. The lowest BCUT2D eigenvalue weighted by molar-refractivity contribution is 0.0600. The molecule has 0 bridgehead atoms. The molecule has 0 atom stereocenters. The van der Waals surface area contributed by atoms with Crippen LogP contribution >= 0.6 is 11.6 Å². The van der Waals surface area contributed by atoms with E-state index in [1.54, 1.807) is 24.4 Å². The van der Waals surface area contributed by atoms with Crippen LogP contribution in [-0.2, 0) is 4.74 Å². The Morgan fingerprint density at radius 1 is 1.19 bits per heavy atom. The highest BCUT2D eigenvalue weighted by Crippen LogP contribution is 2.17. The third kappa shape index (κ3) is 4.86. The van der Waals surface area contributed by atoms with Crippen LogP contribution in [0.5, 0.6) is 5.75 Å². The second-order valence-corrected chi connectivity index (χ2v) is 6.47. The largest absolute Gasteiger partial charge is 0.492 e. The highest BCUT2D eigenvalue weighted by atomic mass is 35.5. The average molecular weight is 376 g/mol. The summed E-state index contributed by atoms with van der Waals surface area (Å²) in [6.07, 6.45) is 1.68. The summed E-state index contributed by atoms with van der Waals surface area (Å²) >= 11 is 5.89. The number of hydrogen-bond acceptors (Lipinski definition) is 6. The lowest BCUT2D eigenvalue weighted by Crippen LogP contribution is -2.47. The van der Waals surface area contributed by atoms with Gasteiger partial charge in [-0.15, -0.1) is 0 Å².